The molecule has 1 aromatic heterocycles. The molecule has 5 nitrogen and oxygen atoms in total. The van der Waals surface area contributed by atoms with Gasteiger partial charge >= 0.3 is 0 Å². The number of ether oxygens (including phenoxy) is 1. The highest BCUT2D eigenvalue weighted by molar-refractivity contribution is 6.05. The topological polar surface area (TPSA) is 55.3 Å². The molecule has 2 heterocycles. The second kappa shape index (κ2) is 7.33. The lowest BCUT2D eigenvalue weighted by atomic mass is 10.1. The van der Waals surface area contributed by atoms with Gasteiger partial charge in [-0.25, -0.2) is 8.78 Å². The second-order valence-electron chi connectivity index (χ2n) is 5.58. The third-order valence-corrected chi connectivity index (χ3v) is 3.87. The first kappa shape index (κ1) is 16.3. The van der Waals surface area contributed by atoms with Crippen LogP contribution in [-0.4, -0.2) is 46.6 Å². The second-order valence-corrected chi connectivity index (χ2v) is 5.58. The van der Waals surface area contributed by atoms with Gasteiger partial charge in [0.15, 0.2) is 0 Å². The van der Waals surface area contributed by atoms with Gasteiger partial charge in [0, 0.05) is 5.39 Å². The molecule has 0 saturated carbocycles. The fourth-order valence-electron chi connectivity index (χ4n) is 2.72. The van der Waals surface area contributed by atoms with Crippen molar-refractivity contribution >= 4 is 16.8 Å². The fourth-order valence-corrected chi connectivity index (χ4v) is 2.72. The molecule has 1 aliphatic heterocycles. The van der Waals surface area contributed by atoms with Gasteiger partial charge in [-0.05, 0) is 25.0 Å². The number of halogens is 2. The Morgan fingerprint density at radius 1 is 1.38 bits per heavy atom. The highest BCUT2D eigenvalue weighted by Crippen LogP contribution is 2.19. The van der Waals surface area contributed by atoms with Crippen LogP contribution < -0.4 is 0 Å². The van der Waals surface area contributed by atoms with Gasteiger partial charge < -0.3 is 9.64 Å². The molecule has 0 bridgehead atoms. The van der Waals surface area contributed by atoms with Crippen molar-refractivity contribution in [1.29, 1.82) is 0 Å². The molecular formula is C17H17F2N3O2. The monoisotopic (exact) mass is 333 g/mol. The summed E-state index contributed by atoms with van der Waals surface area (Å²) < 4.78 is 31.3. The molecule has 1 amide bonds. The zero-order chi connectivity index (χ0) is 16.9. The number of aromatic nitrogens is 2. The first-order valence-electron chi connectivity index (χ1n) is 7.73. The minimum atomic E-state index is -2.62. The summed E-state index contributed by atoms with van der Waals surface area (Å²) in [7, 11) is 0. The summed E-state index contributed by atoms with van der Waals surface area (Å²) in [4.78, 5) is 14.0. The summed E-state index contributed by atoms with van der Waals surface area (Å²) in [5.74, 6) is -0.487. The molecule has 1 unspecified atom stereocenters. The largest absolute Gasteiger partial charge is 0.497 e. The number of carbonyl (C=O) groups excluding carboxylic acids is 1. The number of fused-ring (bicyclic) bond motifs is 1. The van der Waals surface area contributed by atoms with E-state index in [0.717, 1.165) is 11.3 Å². The van der Waals surface area contributed by atoms with Gasteiger partial charge in [0.25, 0.3) is 12.3 Å². The Kier molecular flexibility index (Phi) is 4.98. The van der Waals surface area contributed by atoms with Gasteiger partial charge in [-0.1, -0.05) is 18.2 Å². The number of rotatable bonds is 5. The Hall–Kier alpha value is -2.57. The first-order chi connectivity index (χ1) is 11.6. The van der Waals surface area contributed by atoms with Gasteiger partial charge in [0.1, 0.15) is 6.10 Å². The predicted molar refractivity (Wildman–Crippen MR) is 84.7 cm³/mol. The molecule has 7 heteroatoms. The van der Waals surface area contributed by atoms with E-state index in [1.54, 1.807) is 30.5 Å². The van der Waals surface area contributed by atoms with Gasteiger partial charge in [0.05, 0.1) is 36.6 Å². The summed E-state index contributed by atoms with van der Waals surface area (Å²) in [5.41, 5.74) is 0.824. The summed E-state index contributed by atoms with van der Waals surface area (Å²) in [6, 6.07) is 7.01. The lowest BCUT2D eigenvalue weighted by Crippen LogP contribution is -2.41. The average Bonchev–Trinajstić information content (AvgIpc) is 2.60. The van der Waals surface area contributed by atoms with Crippen LogP contribution in [-0.2, 0) is 4.74 Å². The fraction of sp³-hybridized carbons (Fsp3) is 0.353. The van der Waals surface area contributed by atoms with Crippen molar-refractivity contribution in [1.82, 2.24) is 15.1 Å². The quantitative estimate of drug-likeness (QED) is 0.844. The molecule has 1 atom stereocenters. The third-order valence-electron chi connectivity index (χ3n) is 3.87. The molecule has 1 aliphatic rings. The maximum absolute atomic E-state index is 13.0. The summed E-state index contributed by atoms with van der Waals surface area (Å²) >= 11 is 0. The normalized spacial score (nSPS) is 17.0. The Morgan fingerprint density at radius 2 is 2.21 bits per heavy atom. The number of allylic oxidation sites excluding steroid dienone is 1. The third kappa shape index (κ3) is 3.67. The van der Waals surface area contributed by atoms with Crippen LogP contribution in [0.4, 0.5) is 8.78 Å². The Labute approximate surface area is 137 Å². The van der Waals surface area contributed by atoms with Crippen molar-refractivity contribution in [3.05, 3.63) is 48.4 Å². The Morgan fingerprint density at radius 3 is 2.96 bits per heavy atom. The summed E-state index contributed by atoms with van der Waals surface area (Å²) in [5, 5.41) is 8.37. The lowest BCUT2D eigenvalue weighted by molar-refractivity contribution is 0.0323. The van der Waals surface area contributed by atoms with Crippen LogP contribution >= 0.6 is 0 Å². The number of carbonyl (C=O) groups is 1. The predicted octanol–water partition coefficient (Wildman–Crippen LogP) is 3.03. The van der Waals surface area contributed by atoms with E-state index >= 15 is 0 Å². The van der Waals surface area contributed by atoms with E-state index in [4.69, 9.17) is 4.74 Å². The minimum absolute atomic E-state index is 0.115. The highest BCUT2D eigenvalue weighted by atomic mass is 19.3. The molecule has 2 aromatic rings. The van der Waals surface area contributed by atoms with E-state index in [1.807, 2.05) is 6.08 Å². The maximum Gasteiger partial charge on any atom is 0.256 e. The van der Waals surface area contributed by atoms with E-state index < -0.39 is 18.9 Å². The van der Waals surface area contributed by atoms with Gasteiger partial charge in [-0.15, -0.1) is 0 Å². The molecule has 0 spiro atoms. The van der Waals surface area contributed by atoms with Crippen LogP contribution in [0.3, 0.4) is 0 Å². The number of amides is 1. The van der Waals surface area contributed by atoms with Crippen LogP contribution in [0.5, 0.6) is 0 Å². The van der Waals surface area contributed by atoms with Crippen molar-refractivity contribution in [2.75, 3.05) is 13.1 Å². The number of hydrogen-bond acceptors (Lipinski definition) is 4. The minimum Gasteiger partial charge on any atom is -0.497 e. The molecule has 1 aromatic carbocycles. The summed E-state index contributed by atoms with van der Waals surface area (Å²) in [6.45, 7) is -0.525. The number of nitrogens with zero attached hydrogens (tertiary/aromatic N) is 3. The van der Waals surface area contributed by atoms with Crippen LogP contribution in [0.25, 0.3) is 10.9 Å². The van der Waals surface area contributed by atoms with E-state index in [0.29, 0.717) is 17.3 Å². The first-order valence-corrected chi connectivity index (χ1v) is 7.73. The highest BCUT2D eigenvalue weighted by Gasteiger charge is 2.25. The Bertz CT molecular complexity index is 746. The zero-order valence-electron chi connectivity index (χ0n) is 12.9. The van der Waals surface area contributed by atoms with Crippen molar-refractivity contribution in [3.63, 3.8) is 0 Å². The summed E-state index contributed by atoms with van der Waals surface area (Å²) in [6.07, 6.45) is 3.36. The SMILES string of the molecule is O=C(c1cnnc2ccccc12)N(CC(F)F)CC1CCC=CO1. The van der Waals surface area contributed by atoms with Crippen molar-refractivity contribution in [3.8, 4) is 0 Å². The molecular weight excluding hydrogens is 316 g/mol. The van der Waals surface area contributed by atoms with Crippen LogP contribution in [0.2, 0.25) is 0 Å². The van der Waals surface area contributed by atoms with Gasteiger partial charge in [-0.2, -0.15) is 10.2 Å². The van der Waals surface area contributed by atoms with Crippen LogP contribution in [0.1, 0.15) is 23.2 Å². The zero-order valence-corrected chi connectivity index (χ0v) is 12.9. The van der Waals surface area contributed by atoms with Crippen molar-refractivity contribution in [2.24, 2.45) is 0 Å². The molecule has 3 rings (SSSR count). The van der Waals surface area contributed by atoms with Crippen LogP contribution in [0, 0.1) is 0 Å². The molecule has 0 N–H and O–H groups in total. The van der Waals surface area contributed by atoms with E-state index in [9.17, 15) is 13.6 Å². The van der Waals surface area contributed by atoms with Crippen molar-refractivity contribution in [2.45, 2.75) is 25.4 Å². The molecule has 126 valence electrons. The van der Waals surface area contributed by atoms with E-state index in [-0.39, 0.29) is 18.2 Å². The Balaban J connectivity index is 1.88. The standard InChI is InChI=1S/C17H17F2N3O2/c18-16(19)11-22(10-12-5-3-4-8-24-12)17(23)14-9-20-21-15-7-2-1-6-13(14)15/h1-2,4,6-9,12,16H,3,5,10-11H2. The van der Waals surface area contributed by atoms with Crippen molar-refractivity contribution < 1.29 is 18.3 Å². The van der Waals surface area contributed by atoms with E-state index in [2.05, 4.69) is 10.2 Å². The smallest absolute Gasteiger partial charge is 0.256 e. The average molecular weight is 333 g/mol. The number of benzene rings is 1. The van der Waals surface area contributed by atoms with Gasteiger partial charge in [-0.3, -0.25) is 4.79 Å². The van der Waals surface area contributed by atoms with E-state index in [1.165, 1.54) is 6.20 Å². The maximum atomic E-state index is 13.0. The number of alkyl halides is 2. The van der Waals surface area contributed by atoms with Gasteiger partial charge in [0.2, 0.25) is 0 Å². The number of hydrogen-bond donors (Lipinski definition) is 0. The molecule has 0 radical (unpaired) electrons. The molecule has 0 aliphatic carbocycles. The lowest BCUT2D eigenvalue weighted by Gasteiger charge is -2.28. The molecule has 24 heavy (non-hydrogen) atoms. The molecule has 0 fully saturated rings. The molecule has 0 saturated heterocycles. The van der Waals surface area contributed by atoms with Crippen LogP contribution in [0.15, 0.2) is 42.8 Å².